The third-order valence-electron chi connectivity index (χ3n) is 6.66. The molecule has 3 N–H and O–H groups in total. The molecule has 4 rings (SSSR count). The van der Waals surface area contributed by atoms with E-state index in [0.717, 1.165) is 45.4 Å². The first-order valence-electron chi connectivity index (χ1n) is 13.4. The molecule has 208 valence electrons. The van der Waals surface area contributed by atoms with Crippen molar-refractivity contribution in [2.75, 3.05) is 11.6 Å². The molecule has 10 nitrogen and oxygen atoms in total. The van der Waals surface area contributed by atoms with Gasteiger partial charge in [-0.1, -0.05) is 68.4 Å². The van der Waals surface area contributed by atoms with Gasteiger partial charge in [-0.15, -0.1) is 0 Å². The summed E-state index contributed by atoms with van der Waals surface area (Å²) < 4.78 is 6.36. The zero-order valence-corrected chi connectivity index (χ0v) is 22.3. The summed E-state index contributed by atoms with van der Waals surface area (Å²) in [5, 5.41) is 11.5. The summed E-state index contributed by atoms with van der Waals surface area (Å²) in [5.74, 6) is -1.37. The monoisotopic (exact) mass is 536 g/mol. The predicted molar refractivity (Wildman–Crippen MR) is 146 cm³/mol. The van der Waals surface area contributed by atoms with E-state index in [4.69, 9.17) is 9.57 Å². The number of benzene rings is 2. The summed E-state index contributed by atoms with van der Waals surface area (Å²) in [5.41, 5.74) is 4.52. The molecule has 3 aromatic rings. The zero-order valence-electron chi connectivity index (χ0n) is 22.3. The fourth-order valence-electron chi connectivity index (χ4n) is 4.49. The first-order chi connectivity index (χ1) is 18.8. The van der Waals surface area contributed by atoms with E-state index in [1.54, 1.807) is 0 Å². The zero-order chi connectivity index (χ0) is 27.8. The van der Waals surface area contributed by atoms with Crippen LogP contribution in [0.5, 0.6) is 5.88 Å². The number of rotatable bonds is 11. The molecule has 2 amide bonds. The van der Waals surface area contributed by atoms with E-state index in [-0.39, 0.29) is 18.8 Å². The van der Waals surface area contributed by atoms with Gasteiger partial charge in [-0.2, -0.15) is 4.68 Å². The van der Waals surface area contributed by atoms with Gasteiger partial charge < -0.3 is 14.8 Å². The van der Waals surface area contributed by atoms with Crippen molar-refractivity contribution in [3.8, 4) is 17.0 Å². The molecule has 1 aliphatic heterocycles. The molecule has 0 bridgehead atoms. The fraction of sp³-hybridized carbons (Fsp3) is 0.414. The molecule has 0 spiro atoms. The summed E-state index contributed by atoms with van der Waals surface area (Å²) in [6.07, 6.45) is 3.64. The molecule has 1 aliphatic rings. The number of carbonyl (C=O) groups excluding carboxylic acids is 2. The van der Waals surface area contributed by atoms with Gasteiger partial charge in [-0.3, -0.25) is 9.59 Å². The van der Waals surface area contributed by atoms with Gasteiger partial charge in [0, 0.05) is 25.9 Å². The second kappa shape index (κ2) is 13.3. The molecular formula is C29H36N4O6. The summed E-state index contributed by atoms with van der Waals surface area (Å²) in [7, 11) is 0. The lowest BCUT2D eigenvalue weighted by atomic mass is 9.99. The normalized spacial score (nSPS) is 16.1. The van der Waals surface area contributed by atoms with Crippen LogP contribution in [0, 0.1) is 5.92 Å². The van der Waals surface area contributed by atoms with Crippen LogP contribution in [0.2, 0.25) is 0 Å². The molecule has 1 aromatic heterocycles. The van der Waals surface area contributed by atoms with Crippen LogP contribution in [0.4, 0.5) is 0 Å². The van der Waals surface area contributed by atoms with Crippen LogP contribution in [0.3, 0.4) is 0 Å². The number of nitrogens with one attached hydrogen (secondary N) is 2. The van der Waals surface area contributed by atoms with E-state index in [1.807, 2.05) is 68.4 Å². The van der Waals surface area contributed by atoms with Crippen LogP contribution in [-0.4, -0.2) is 45.5 Å². The second-order valence-electron chi connectivity index (χ2n) is 10.1. The molecule has 0 unspecified atom stereocenters. The van der Waals surface area contributed by atoms with Crippen molar-refractivity contribution in [3.05, 3.63) is 76.8 Å². The molecule has 2 atom stereocenters. The summed E-state index contributed by atoms with van der Waals surface area (Å²) >= 11 is 0. The Balaban J connectivity index is 1.65. The number of hydrogen-bond acceptors (Lipinski definition) is 6. The minimum absolute atomic E-state index is 0.0697. The molecule has 39 heavy (non-hydrogen) atoms. The number of nitrogens with zero attached hydrogens (tertiary/aromatic N) is 2. The maximum absolute atomic E-state index is 13.6. The van der Waals surface area contributed by atoms with E-state index < -0.39 is 35.7 Å². The molecule has 2 heterocycles. The predicted octanol–water partition coefficient (Wildman–Crippen LogP) is 3.64. The smallest absolute Gasteiger partial charge is 0.347 e. The molecule has 2 aromatic carbocycles. The summed E-state index contributed by atoms with van der Waals surface area (Å²) in [6.45, 7) is 4.49. The first-order valence-corrected chi connectivity index (χ1v) is 13.4. The summed E-state index contributed by atoms with van der Waals surface area (Å²) in [4.78, 5) is 47.7. The maximum Gasteiger partial charge on any atom is 0.347 e. The highest BCUT2D eigenvalue weighted by Gasteiger charge is 2.35. The number of aromatic nitrogens is 2. The first kappa shape index (κ1) is 28.1. The second-order valence-corrected chi connectivity index (χ2v) is 10.1. The number of aromatic hydroxyl groups is 1. The van der Waals surface area contributed by atoms with Crippen molar-refractivity contribution < 1.29 is 24.3 Å². The minimum Gasteiger partial charge on any atom is -0.492 e. The van der Waals surface area contributed by atoms with E-state index in [0.29, 0.717) is 19.4 Å². The number of amides is 2. The van der Waals surface area contributed by atoms with E-state index in [9.17, 15) is 19.5 Å². The van der Waals surface area contributed by atoms with E-state index in [2.05, 4.69) is 10.5 Å². The average molecular weight is 537 g/mol. The molecule has 1 fully saturated rings. The molecule has 1 saturated heterocycles. The number of imidazole rings is 1. The van der Waals surface area contributed by atoms with Crippen LogP contribution < -0.4 is 16.2 Å². The maximum atomic E-state index is 13.6. The number of ether oxygens (including phenoxy) is 1. The standard InChI is InChI=1S/C29H36N4O6/c1-20(2)11-16-25(34)32(33-26(35)19-30-29(33)37)24(28(36)31-39-27-10-6-7-17-38-27)18-21-12-14-23(15-13-21)22-8-4-3-5-9-22/h3-5,8-9,12-15,19-20,24,27,35H,6-7,10-11,16-18H2,1-2H3,(H,30,37)(H,31,36)/t24-,27+/m0/s1. The Morgan fingerprint density at radius 3 is 2.46 bits per heavy atom. The van der Waals surface area contributed by atoms with Crippen LogP contribution in [0.1, 0.15) is 51.5 Å². The highest BCUT2D eigenvalue weighted by Crippen LogP contribution is 2.22. The molecule has 0 saturated carbocycles. The Morgan fingerprint density at radius 1 is 1.13 bits per heavy atom. The van der Waals surface area contributed by atoms with Crippen LogP contribution in [-0.2, 0) is 25.6 Å². The van der Waals surface area contributed by atoms with E-state index in [1.165, 1.54) is 0 Å². The summed E-state index contributed by atoms with van der Waals surface area (Å²) in [6, 6.07) is 16.3. The van der Waals surface area contributed by atoms with Gasteiger partial charge in [0.2, 0.25) is 11.8 Å². The van der Waals surface area contributed by atoms with Crippen molar-refractivity contribution in [3.63, 3.8) is 0 Å². The molecule has 0 radical (unpaired) electrons. The topological polar surface area (TPSA) is 126 Å². The SMILES string of the molecule is CC(C)CCC(=O)N([C@@H](Cc1ccc(-c2ccccc2)cc1)C(=O)NO[C@@H]1CCCCO1)n1c(O)c[nH]c1=O. The molecular weight excluding hydrogens is 500 g/mol. The van der Waals surface area contributed by atoms with Crippen LogP contribution in [0.15, 0.2) is 65.6 Å². The van der Waals surface area contributed by atoms with E-state index >= 15 is 0 Å². The van der Waals surface area contributed by atoms with Crippen LogP contribution >= 0.6 is 0 Å². The number of aromatic amines is 1. The molecule has 0 aliphatic carbocycles. The number of H-pyrrole nitrogens is 1. The Morgan fingerprint density at radius 2 is 1.85 bits per heavy atom. The highest BCUT2D eigenvalue weighted by molar-refractivity contribution is 5.95. The average Bonchev–Trinajstić information content (AvgIpc) is 3.28. The van der Waals surface area contributed by atoms with Crippen molar-refractivity contribution in [2.45, 2.75) is 64.7 Å². The Bertz CT molecular complexity index is 1280. The van der Waals surface area contributed by atoms with Crippen molar-refractivity contribution in [1.29, 1.82) is 0 Å². The van der Waals surface area contributed by atoms with Crippen LogP contribution in [0.25, 0.3) is 11.1 Å². The van der Waals surface area contributed by atoms with Gasteiger partial charge >= 0.3 is 5.69 Å². The third kappa shape index (κ3) is 7.36. The Hall–Kier alpha value is -3.89. The number of hydroxylamine groups is 1. The van der Waals surface area contributed by atoms with Gasteiger partial charge in [0.05, 0.1) is 6.20 Å². The number of hydrogen-bond donors (Lipinski definition) is 3. The minimum atomic E-state index is -1.20. The van der Waals surface area contributed by atoms with Gasteiger partial charge in [-0.25, -0.2) is 20.1 Å². The van der Waals surface area contributed by atoms with Crippen molar-refractivity contribution in [2.24, 2.45) is 5.92 Å². The van der Waals surface area contributed by atoms with Gasteiger partial charge in [-0.05, 0) is 41.9 Å². The van der Waals surface area contributed by atoms with Crippen molar-refractivity contribution >= 4 is 11.8 Å². The Kier molecular flexibility index (Phi) is 9.56. The lowest BCUT2D eigenvalue weighted by molar-refractivity contribution is -0.201. The third-order valence-corrected chi connectivity index (χ3v) is 6.66. The van der Waals surface area contributed by atoms with Gasteiger partial charge in [0.25, 0.3) is 5.91 Å². The lowest BCUT2D eigenvalue weighted by Crippen LogP contribution is -2.58. The fourth-order valence-corrected chi connectivity index (χ4v) is 4.49. The van der Waals surface area contributed by atoms with Crippen molar-refractivity contribution in [1.82, 2.24) is 15.1 Å². The highest BCUT2D eigenvalue weighted by atomic mass is 16.8. The lowest BCUT2D eigenvalue weighted by Gasteiger charge is -2.32. The Labute approximate surface area is 227 Å². The molecule has 10 heteroatoms. The quantitative estimate of drug-likeness (QED) is 0.321. The van der Waals surface area contributed by atoms with Gasteiger partial charge in [0.1, 0.15) is 6.04 Å². The number of carbonyl (C=O) groups is 2. The largest absolute Gasteiger partial charge is 0.492 e. The van der Waals surface area contributed by atoms with Gasteiger partial charge in [0.15, 0.2) is 6.29 Å².